The second-order valence-corrected chi connectivity index (χ2v) is 7.01. The van der Waals surface area contributed by atoms with E-state index in [0.717, 1.165) is 38.1 Å². The van der Waals surface area contributed by atoms with Gasteiger partial charge in [-0.05, 0) is 58.4 Å². The van der Waals surface area contributed by atoms with Gasteiger partial charge in [0.1, 0.15) is 5.54 Å². The maximum absolute atomic E-state index is 12.5. The summed E-state index contributed by atoms with van der Waals surface area (Å²) in [7, 11) is 0. The van der Waals surface area contributed by atoms with Gasteiger partial charge in [-0.25, -0.2) is 0 Å². The van der Waals surface area contributed by atoms with Crippen LogP contribution in [-0.4, -0.2) is 48.2 Å². The summed E-state index contributed by atoms with van der Waals surface area (Å²) in [5.74, 6) is 0.738. The molecular formula is C17H32N2O2. The van der Waals surface area contributed by atoms with Crippen LogP contribution in [0.1, 0.15) is 59.8 Å². The number of hydrogen-bond acceptors (Lipinski definition) is 4. The van der Waals surface area contributed by atoms with Crippen molar-refractivity contribution in [1.82, 2.24) is 10.2 Å². The average Bonchev–Trinajstić information content (AvgIpc) is 3.01. The zero-order valence-corrected chi connectivity index (χ0v) is 14.2. The molecule has 0 amide bonds. The van der Waals surface area contributed by atoms with Gasteiger partial charge in [-0.3, -0.25) is 9.69 Å². The third kappa shape index (κ3) is 3.59. The molecule has 0 spiro atoms. The van der Waals surface area contributed by atoms with Gasteiger partial charge in [0.15, 0.2) is 0 Å². The zero-order chi connectivity index (χ0) is 15.5. The lowest BCUT2D eigenvalue weighted by molar-refractivity contribution is -0.151. The molecule has 1 heterocycles. The van der Waals surface area contributed by atoms with Crippen molar-refractivity contribution in [3.8, 4) is 0 Å². The molecule has 2 aliphatic rings. The van der Waals surface area contributed by atoms with Crippen molar-refractivity contribution in [2.75, 3.05) is 19.7 Å². The van der Waals surface area contributed by atoms with Crippen molar-refractivity contribution in [3.63, 3.8) is 0 Å². The van der Waals surface area contributed by atoms with Crippen molar-refractivity contribution in [2.45, 2.75) is 77.4 Å². The minimum Gasteiger partial charge on any atom is -0.465 e. The Morgan fingerprint density at radius 1 is 1.38 bits per heavy atom. The van der Waals surface area contributed by atoms with E-state index >= 15 is 0 Å². The van der Waals surface area contributed by atoms with Gasteiger partial charge in [-0.15, -0.1) is 0 Å². The van der Waals surface area contributed by atoms with Crippen molar-refractivity contribution in [1.29, 1.82) is 0 Å². The first-order chi connectivity index (χ1) is 10.0. The number of ether oxygens (including phenoxy) is 1. The number of carbonyl (C=O) groups excluding carboxylic acids is 1. The molecule has 21 heavy (non-hydrogen) atoms. The first kappa shape index (κ1) is 16.8. The molecule has 1 saturated carbocycles. The monoisotopic (exact) mass is 296 g/mol. The summed E-state index contributed by atoms with van der Waals surface area (Å²) in [6.07, 6.45) is 5.25. The Morgan fingerprint density at radius 2 is 2.14 bits per heavy atom. The fourth-order valence-electron chi connectivity index (χ4n) is 4.20. The summed E-state index contributed by atoms with van der Waals surface area (Å²) in [5, 5.41) is 3.51. The lowest BCUT2D eigenvalue weighted by Crippen LogP contribution is -2.52. The van der Waals surface area contributed by atoms with Crippen LogP contribution in [0.15, 0.2) is 0 Å². The van der Waals surface area contributed by atoms with Gasteiger partial charge >= 0.3 is 5.97 Å². The van der Waals surface area contributed by atoms with Crippen LogP contribution in [0.2, 0.25) is 0 Å². The number of nitrogens with zero attached hydrogens (tertiary/aromatic N) is 1. The van der Waals surface area contributed by atoms with E-state index in [-0.39, 0.29) is 5.97 Å². The lowest BCUT2D eigenvalue weighted by atomic mass is 9.96. The number of esters is 1. The zero-order valence-electron chi connectivity index (χ0n) is 14.2. The van der Waals surface area contributed by atoms with Crippen LogP contribution in [0.5, 0.6) is 0 Å². The molecule has 4 heteroatoms. The van der Waals surface area contributed by atoms with E-state index in [1.54, 1.807) is 0 Å². The van der Waals surface area contributed by atoms with Gasteiger partial charge < -0.3 is 10.1 Å². The maximum Gasteiger partial charge on any atom is 0.326 e. The van der Waals surface area contributed by atoms with Crippen LogP contribution in [0.4, 0.5) is 0 Å². The van der Waals surface area contributed by atoms with Gasteiger partial charge in [0.25, 0.3) is 0 Å². The third-order valence-corrected chi connectivity index (χ3v) is 5.17. The molecule has 0 radical (unpaired) electrons. The minimum absolute atomic E-state index is 0.0409. The number of rotatable bonds is 6. The van der Waals surface area contributed by atoms with Crippen LogP contribution in [0.3, 0.4) is 0 Å². The van der Waals surface area contributed by atoms with E-state index < -0.39 is 5.54 Å². The first-order valence-corrected chi connectivity index (χ1v) is 8.70. The highest BCUT2D eigenvalue weighted by Crippen LogP contribution is 2.38. The molecule has 4 unspecified atom stereocenters. The molecular weight excluding hydrogens is 264 g/mol. The van der Waals surface area contributed by atoms with Crippen molar-refractivity contribution in [3.05, 3.63) is 0 Å². The standard InChI is InChI=1S/C17H32N2O2/c1-5-9-18-17(16(20)21-6-2)8-7-15(11-17)19-12-13(3)10-14(19)4/h13-15,18H,5-12H2,1-4H3. The summed E-state index contributed by atoms with van der Waals surface area (Å²) < 4.78 is 5.37. The Kier molecular flexibility index (Phi) is 5.67. The second kappa shape index (κ2) is 7.10. The fraction of sp³-hybridized carbons (Fsp3) is 0.941. The Bertz CT molecular complexity index is 361. The van der Waals surface area contributed by atoms with Crippen molar-refractivity contribution in [2.24, 2.45) is 5.92 Å². The highest BCUT2D eigenvalue weighted by atomic mass is 16.5. The Balaban J connectivity index is 2.05. The molecule has 0 aromatic rings. The maximum atomic E-state index is 12.5. The SMILES string of the molecule is CCCNC1(C(=O)OCC)CCC(N2CC(C)CC2C)C1. The van der Waals surface area contributed by atoms with Gasteiger partial charge in [-0.2, -0.15) is 0 Å². The van der Waals surface area contributed by atoms with Crippen LogP contribution < -0.4 is 5.32 Å². The van der Waals surface area contributed by atoms with Crippen molar-refractivity contribution < 1.29 is 9.53 Å². The predicted molar refractivity (Wildman–Crippen MR) is 85.2 cm³/mol. The van der Waals surface area contributed by atoms with Crippen LogP contribution >= 0.6 is 0 Å². The number of hydrogen-bond donors (Lipinski definition) is 1. The summed E-state index contributed by atoms with van der Waals surface area (Å²) >= 11 is 0. The summed E-state index contributed by atoms with van der Waals surface area (Å²) in [4.78, 5) is 15.1. The Hall–Kier alpha value is -0.610. The number of carbonyl (C=O) groups is 1. The molecule has 2 rings (SSSR count). The predicted octanol–water partition coefficient (Wildman–Crippen LogP) is 2.57. The van der Waals surface area contributed by atoms with Crippen LogP contribution in [0.25, 0.3) is 0 Å². The smallest absolute Gasteiger partial charge is 0.326 e. The quantitative estimate of drug-likeness (QED) is 0.765. The largest absolute Gasteiger partial charge is 0.465 e. The molecule has 4 atom stereocenters. The lowest BCUT2D eigenvalue weighted by Gasteiger charge is -2.32. The van der Waals surface area contributed by atoms with E-state index in [9.17, 15) is 4.79 Å². The molecule has 0 aromatic carbocycles. The molecule has 4 nitrogen and oxygen atoms in total. The minimum atomic E-state index is -0.442. The molecule has 1 aliphatic carbocycles. The van der Waals surface area contributed by atoms with Gasteiger partial charge in [0, 0.05) is 18.6 Å². The van der Waals surface area contributed by atoms with E-state index in [2.05, 4.69) is 31.0 Å². The number of likely N-dealkylation sites (tertiary alicyclic amines) is 1. The van der Waals surface area contributed by atoms with Gasteiger partial charge in [0.2, 0.25) is 0 Å². The van der Waals surface area contributed by atoms with E-state index in [0.29, 0.717) is 18.7 Å². The molecule has 0 aromatic heterocycles. The topological polar surface area (TPSA) is 41.6 Å². The number of nitrogens with one attached hydrogen (secondary N) is 1. The van der Waals surface area contributed by atoms with Crippen LogP contribution in [-0.2, 0) is 9.53 Å². The highest BCUT2D eigenvalue weighted by molar-refractivity contribution is 5.81. The molecule has 1 N–H and O–H groups in total. The Morgan fingerprint density at radius 3 is 2.71 bits per heavy atom. The summed E-state index contributed by atoms with van der Waals surface area (Å²) in [6, 6.07) is 1.17. The normalized spacial score (nSPS) is 37.0. The van der Waals surface area contributed by atoms with E-state index in [1.807, 2.05) is 6.92 Å². The average molecular weight is 296 g/mol. The molecule has 1 aliphatic heterocycles. The summed E-state index contributed by atoms with van der Waals surface area (Å²) in [6.45, 7) is 11.2. The second-order valence-electron chi connectivity index (χ2n) is 7.01. The molecule has 1 saturated heterocycles. The summed E-state index contributed by atoms with van der Waals surface area (Å²) in [5.41, 5.74) is -0.442. The first-order valence-electron chi connectivity index (χ1n) is 8.70. The molecule has 122 valence electrons. The van der Waals surface area contributed by atoms with Gasteiger partial charge in [0.05, 0.1) is 6.61 Å². The van der Waals surface area contributed by atoms with E-state index in [1.165, 1.54) is 13.0 Å². The molecule has 2 fully saturated rings. The van der Waals surface area contributed by atoms with Crippen molar-refractivity contribution >= 4 is 5.97 Å². The molecule has 0 bridgehead atoms. The van der Waals surface area contributed by atoms with Crippen LogP contribution in [0, 0.1) is 5.92 Å². The fourth-order valence-corrected chi connectivity index (χ4v) is 4.20. The van der Waals surface area contributed by atoms with E-state index in [4.69, 9.17) is 4.74 Å². The highest BCUT2D eigenvalue weighted by Gasteiger charge is 2.49. The third-order valence-electron chi connectivity index (χ3n) is 5.17. The van der Waals surface area contributed by atoms with Gasteiger partial charge in [-0.1, -0.05) is 13.8 Å². The Labute approximate surface area is 129 Å².